The third-order valence-corrected chi connectivity index (χ3v) is 1.95. The Morgan fingerprint density at radius 2 is 1.82 bits per heavy atom. The van der Waals surface area contributed by atoms with E-state index in [9.17, 15) is 0 Å². The first-order valence-electron chi connectivity index (χ1n) is 4.14. The zero-order valence-electron chi connectivity index (χ0n) is 7.91. The van der Waals surface area contributed by atoms with E-state index in [-0.39, 0.29) is 40.0 Å². The molecule has 0 aromatic rings. The summed E-state index contributed by atoms with van der Waals surface area (Å²) in [6.07, 6.45) is 6.53. The summed E-state index contributed by atoms with van der Waals surface area (Å²) in [4.78, 5) is 0. The minimum Gasteiger partial charge on any atom is -1.00 e. The topological polar surface area (TPSA) is 0 Å². The van der Waals surface area contributed by atoms with Gasteiger partial charge >= 0.3 is 23.1 Å². The molecule has 0 amide bonds. The summed E-state index contributed by atoms with van der Waals surface area (Å²) in [6.45, 7) is 8.41. The fraction of sp³-hybridized carbons (Fsp3) is 0.889. The first-order valence-corrected chi connectivity index (χ1v) is 4.14. The van der Waals surface area contributed by atoms with E-state index < -0.39 is 0 Å². The van der Waals surface area contributed by atoms with Crippen LogP contribution in [0.25, 0.3) is 0 Å². The van der Waals surface area contributed by atoms with Crippen LogP contribution >= 0.6 is 0 Å². The molecule has 0 saturated heterocycles. The van der Waals surface area contributed by atoms with Gasteiger partial charge in [0.25, 0.3) is 0 Å². The second-order valence-electron chi connectivity index (χ2n) is 2.71. The molecule has 0 aromatic carbocycles. The zero-order valence-corrected chi connectivity index (χ0v) is 10.9. The first-order chi connectivity index (χ1) is 4.35. The molecular formula is C9H19BrMg. The monoisotopic (exact) mass is 230 g/mol. The van der Waals surface area contributed by atoms with Gasteiger partial charge in [-0.2, -0.15) is 6.42 Å². The molecule has 0 aromatic heterocycles. The van der Waals surface area contributed by atoms with Crippen molar-refractivity contribution in [2.45, 2.75) is 46.0 Å². The molecule has 64 valence electrons. The van der Waals surface area contributed by atoms with E-state index in [2.05, 4.69) is 20.8 Å². The van der Waals surface area contributed by atoms with E-state index >= 15 is 0 Å². The molecule has 0 bridgehead atoms. The van der Waals surface area contributed by atoms with Gasteiger partial charge in [0.1, 0.15) is 0 Å². The summed E-state index contributed by atoms with van der Waals surface area (Å²) in [6, 6.07) is 0. The average molecular weight is 231 g/mol. The van der Waals surface area contributed by atoms with Gasteiger partial charge in [0, 0.05) is 0 Å². The van der Waals surface area contributed by atoms with E-state index in [1.165, 1.54) is 25.7 Å². The van der Waals surface area contributed by atoms with Crippen molar-refractivity contribution in [3.63, 3.8) is 0 Å². The maximum Gasteiger partial charge on any atom is 2.00 e. The van der Waals surface area contributed by atoms with Crippen LogP contribution in [0.15, 0.2) is 0 Å². The molecule has 0 N–H and O–H groups in total. The van der Waals surface area contributed by atoms with E-state index in [0.717, 1.165) is 12.3 Å². The normalized spacial score (nSPS) is 11.2. The van der Waals surface area contributed by atoms with Gasteiger partial charge < -0.3 is 23.9 Å². The molecule has 0 radical (unpaired) electrons. The van der Waals surface area contributed by atoms with Crippen LogP contribution in [0.5, 0.6) is 0 Å². The van der Waals surface area contributed by atoms with Gasteiger partial charge in [-0.3, -0.25) is 0 Å². The summed E-state index contributed by atoms with van der Waals surface area (Å²) in [5.41, 5.74) is 0. The van der Waals surface area contributed by atoms with Crippen LogP contribution in [0.4, 0.5) is 0 Å². The van der Waals surface area contributed by atoms with Crippen molar-refractivity contribution in [1.29, 1.82) is 0 Å². The van der Waals surface area contributed by atoms with Crippen molar-refractivity contribution >= 4 is 23.1 Å². The van der Waals surface area contributed by atoms with Crippen LogP contribution in [0, 0.1) is 12.8 Å². The molecule has 0 aliphatic heterocycles. The summed E-state index contributed by atoms with van der Waals surface area (Å²) in [7, 11) is 0. The molecule has 0 fully saturated rings. The van der Waals surface area contributed by atoms with Crippen LogP contribution in [-0.4, -0.2) is 23.1 Å². The Labute approximate surface area is 98.4 Å². The predicted molar refractivity (Wildman–Crippen MR) is 49.0 cm³/mol. The Hall–Kier alpha value is 1.25. The SMILES string of the molecule is [Br-].[CH2-]CC(CC)CCCC.[Mg+2]. The second kappa shape index (κ2) is 13.8. The molecule has 1 unspecified atom stereocenters. The van der Waals surface area contributed by atoms with Crippen molar-refractivity contribution in [2.24, 2.45) is 5.92 Å². The van der Waals surface area contributed by atoms with Gasteiger partial charge in [-0.05, 0) is 0 Å². The third kappa shape index (κ3) is 11.2. The predicted octanol–water partition coefficient (Wildman–Crippen LogP) is 0.0502. The van der Waals surface area contributed by atoms with Gasteiger partial charge in [-0.25, -0.2) is 0 Å². The molecule has 11 heavy (non-hydrogen) atoms. The minimum atomic E-state index is 0. The van der Waals surface area contributed by atoms with Crippen molar-refractivity contribution in [1.82, 2.24) is 0 Å². The van der Waals surface area contributed by atoms with E-state index in [0.29, 0.717) is 0 Å². The average Bonchev–Trinajstić information content (AvgIpc) is 1.91. The quantitative estimate of drug-likeness (QED) is 0.463. The molecule has 1 atom stereocenters. The largest absolute Gasteiger partial charge is 2.00 e. The maximum atomic E-state index is 3.91. The maximum absolute atomic E-state index is 3.91. The Bertz CT molecular complexity index is 53.5. The smallest absolute Gasteiger partial charge is 1.00 e. The van der Waals surface area contributed by atoms with Crippen LogP contribution in [0.1, 0.15) is 46.0 Å². The molecule has 0 rings (SSSR count). The van der Waals surface area contributed by atoms with E-state index in [4.69, 9.17) is 0 Å². The fourth-order valence-electron chi connectivity index (χ4n) is 1.05. The zero-order chi connectivity index (χ0) is 7.11. The fourth-order valence-corrected chi connectivity index (χ4v) is 1.05. The van der Waals surface area contributed by atoms with Crippen LogP contribution in [0.3, 0.4) is 0 Å². The molecule has 0 aliphatic carbocycles. The second-order valence-corrected chi connectivity index (χ2v) is 2.71. The summed E-state index contributed by atoms with van der Waals surface area (Å²) < 4.78 is 0. The van der Waals surface area contributed by atoms with Crippen LogP contribution in [0.2, 0.25) is 0 Å². The van der Waals surface area contributed by atoms with Gasteiger partial charge in [-0.15, -0.1) is 0 Å². The summed E-state index contributed by atoms with van der Waals surface area (Å²) >= 11 is 0. The number of hydrogen-bond acceptors (Lipinski definition) is 0. The number of halogens is 1. The Kier molecular flexibility index (Phi) is 22.7. The molecule has 0 saturated carbocycles. The molecule has 0 spiro atoms. The van der Waals surface area contributed by atoms with Crippen molar-refractivity contribution < 1.29 is 17.0 Å². The third-order valence-electron chi connectivity index (χ3n) is 1.95. The van der Waals surface area contributed by atoms with Gasteiger partial charge in [-0.1, -0.05) is 45.4 Å². The van der Waals surface area contributed by atoms with Gasteiger partial charge in [0.05, 0.1) is 0 Å². The summed E-state index contributed by atoms with van der Waals surface area (Å²) in [5, 5.41) is 0. The van der Waals surface area contributed by atoms with E-state index in [1.54, 1.807) is 0 Å². The minimum absolute atomic E-state index is 0. The van der Waals surface area contributed by atoms with Crippen LogP contribution in [-0.2, 0) is 0 Å². The van der Waals surface area contributed by atoms with Crippen molar-refractivity contribution in [2.75, 3.05) is 0 Å². The van der Waals surface area contributed by atoms with Crippen LogP contribution < -0.4 is 17.0 Å². The Morgan fingerprint density at radius 3 is 2.09 bits per heavy atom. The molecule has 0 nitrogen and oxygen atoms in total. The van der Waals surface area contributed by atoms with Gasteiger partial charge in [0.2, 0.25) is 0 Å². The number of unbranched alkanes of at least 4 members (excludes halogenated alkanes) is 1. The molecule has 0 heterocycles. The van der Waals surface area contributed by atoms with Crippen molar-refractivity contribution in [3.05, 3.63) is 6.92 Å². The first kappa shape index (κ1) is 18.1. The number of rotatable bonds is 5. The molecule has 2 heteroatoms. The summed E-state index contributed by atoms with van der Waals surface area (Å²) in [5.74, 6) is 0.893. The van der Waals surface area contributed by atoms with E-state index in [1.807, 2.05) is 0 Å². The van der Waals surface area contributed by atoms with Crippen molar-refractivity contribution in [3.8, 4) is 0 Å². The Balaban J connectivity index is -0.000000320. The molecular weight excluding hydrogens is 212 g/mol. The molecule has 0 aliphatic rings. The number of hydrogen-bond donors (Lipinski definition) is 0. The standard InChI is InChI=1S/C9H19.BrH.Mg/c1-4-7-8-9(5-2)6-3;;/h9H,2,4-8H2,1,3H3;1H;/q-1;;+2/p-1. The Morgan fingerprint density at radius 1 is 1.27 bits per heavy atom. The van der Waals surface area contributed by atoms with Gasteiger partial charge in [0.15, 0.2) is 0 Å².